The molecule has 1 aromatic heterocycles. The summed E-state index contributed by atoms with van der Waals surface area (Å²) in [4.78, 5) is 26.3. The summed E-state index contributed by atoms with van der Waals surface area (Å²) >= 11 is 0. The van der Waals surface area contributed by atoms with Crippen LogP contribution >= 0.6 is 0 Å². The minimum absolute atomic E-state index is 0.244. The van der Waals surface area contributed by atoms with E-state index in [-0.39, 0.29) is 24.3 Å². The number of hydrogen-bond acceptors (Lipinski definition) is 4. The Labute approximate surface area is 166 Å². The monoisotopic (exact) mass is 394 g/mol. The second-order valence-electron chi connectivity index (χ2n) is 6.89. The molecule has 0 spiro atoms. The lowest BCUT2D eigenvalue weighted by molar-refractivity contribution is 0.0947. The van der Waals surface area contributed by atoms with Crippen molar-refractivity contribution in [2.45, 2.75) is 26.6 Å². The molecule has 2 N–H and O–H groups in total. The van der Waals surface area contributed by atoms with Gasteiger partial charge in [-0.15, -0.1) is 0 Å². The second kappa shape index (κ2) is 7.75. The number of nitrogens with zero attached hydrogens (tertiary/aromatic N) is 2. The molecule has 0 unspecified atom stereocenters. The van der Waals surface area contributed by atoms with E-state index in [1.807, 2.05) is 0 Å². The predicted octanol–water partition coefficient (Wildman–Crippen LogP) is 3.60. The van der Waals surface area contributed by atoms with Gasteiger partial charge in [-0.25, -0.2) is 9.18 Å². The normalized spacial score (nSPS) is 12.6. The molecule has 0 saturated heterocycles. The maximum Gasteiger partial charge on any atom is 0.322 e. The number of aryl methyl sites for hydroxylation is 1. The summed E-state index contributed by atoms with van der Waals surface area (Å²) in [5.41, 5.74) is 3.54. The summed E-state index contributed by atoms with van der Waals surface area (Å²) in [7, 11) is 0. The lowest BCUT2D eigenvalue weighted by atomic mass is 10.1. The molecule has 29 heavy (non-hydrogen) atoms. The highest BCUT2D eigenvalue weighted by atomic mass is 19.1. The first-order valence-electron chi connectivity index (χ1n) is 9.11. The summed E-state index contributed by atoms with van der Waals surface area (Å²) in [6.07, 6.45) is 0. The maximum absolute atomic E-state index is 13.3. The van der Waals surface area contributed by atoms with Crippen molar-refractivity contribution in [1.82, 2.24) is 15.4 Å². The molecule has 3 amide bonds. The van der Waals surface area contributed by atoms with Gasteiger partial charge in [0.1, 0.15) is 5.82 Å². The summed E-state index contributed by atoms with van der Waals surface area (Å²) < 4.78 is 18.4. The number of carbonyl (C=O) groups is 2. The summed E-state index contributed by atoms with van der Waals surface area (Å²) in [5.74, 6) is 0.0125. The van der Waals surface area contributed by atoms with Crippen LogP contribution in [0.15, 0.2) is 53.1 Å². The van der Waals surface area contributed by atoms with Crippen molar-refractivity contribution in [3.63, 3.8) is 0 Å². The number of nitrogens with one attached hydrogen (secondary N) is 2. The fraction of sp³-hybridized carbons (Fsp3) is 0.190. The van der Waals surface area contributed by atoms with Gasteiger partial charge < -0.3 is 20.1 Å². The van der Waals surface area contributed by atoms with Crippen LogP contribution in [0.25, 0.3) is 0 Å². The Morgan fingerprint density at radius 1 is 1.10 bits per heavy atom. The number of fused-ring (bicyclic) bond motifs is 1. The number of hydrogen-bond donors (Lipinski definition) is 2. The van der Waals surface area contributed by atoms with Crippen LogP contribution in [0.3, 0.4) is 0 Å². The SMILES string of the molecule is Cc1cc(CNC(=O)c2ccc(NC(=O)N3Cc4ccc(F)cc4C3)cc2)on1. The molecule has 0 atom stereocenters. The summed E-state index contributed by atoms with van der Waals surface area (Å²) in [6.45, 7) is 2.85. The van der Waals surface area contributed by atoms with E-state index in [1.54, 1.807) is 48.2 Å². The second-order valence-corrected chi connectivity index (χ2v) is 6.89. The van der Waals surface area contributed by atoms with Gasteiger partial charge in [-0.3, -0.25) is 4.79 Å². The van der Waals surface area contributed by atoms with Crippen LogP contribution in [0.2, 0.25) is 0 Å². The quantitative estimate of drug-likeness (QED) is 0.708. The fourth-order valence-corrected chi connectivity index (χ4v) is 3.18. The van der Waals surface area contributed by atoms with Gasteiger partial charge in [0.25, 0.3) is 5.91 Å². The molecular weight excluding hydrogens is 375 g/mol. The van der Waals surface area contributed by atoms with Crippen LogP contribution in [0.5, 0.6) is 0 Å². The third kappa shape index (κ3) is 4.26. The zero-order chi connectivity index (χ0) is 20.4. The van der Waals surface area contributed by atoms with Crippen LogP contribution in [0.4, 0.5) is 14.9 Å². The smallest absolute Gasteiger partial charge is 0.322 e. The van der Waals surface area contributed by atoms with Gasteiger partial charge in [0.2, 0.25) is 0 Å². The third-order valence-electron chi connectivity index (χ3n) is 4.68. The first kappa shape index (κ1) is 18.7. The molecule has 2 aromatic carbocycles. The lowest BCUT2D eigenvalue weighted by Crippen LogP contribution is -2.30. The third-order valence-corrected chi connectivity index (χ3v) is 4.68. The maximum atomic E-state index is 13.3. The van der Waals surface area contributed by atoms with E-state index in [0.29, 0.717) is 30.1 Å². The number of rotatable bonds is 4. The molecule has 8 heteroatoms. The largest absolute Gasteiger partial charge is 0.359 e. The minimum atomic E-state index is -0.307. The molecule has 0 aliphatic carbocycles. The highest BCUT2D eigenvalue weighted by Crippen LogP contribution is 2.24. The van der Waals surface area contributed by atoms with Crippen molar-refractivity contribution in [1.29, 1.82) is 0 Å². The molecule has 0 bridgehead atoms. The number of amides is 3. The minimum Gasteiger partial charge on any atom is -0.359 e. The molecule has 4 rings (SSSR count). The van der Waals surface area contributed by atoms with Crippen molar-refractivity contribution < 1.29 is 18.5 Å². The number of aromatic nitrogens is 1. The molecule has 0 fully saturated rings. The Balaban J connectivity index is 1.32. The average Bonchev–Trinajstić information content (AvgIpc) is 3.32. The Hall–Kier alpha value is -3.68. The van der Waals surface area contributed by atoms with Crippen molar-refractivity contribution >= 4 is 17.6 Å². The summed E-state index contributed by atoms with van der Waals surface area (Å²) in [6, 6.07) is 12.6. The van der Waals surface area contributed by atoms with E-state index in [4.69, 9.17) is 4.52 Å². The van der Waals surface area contributed by atoms with Crippen molar-refractivity contribution in [2.75, 3.05) is 5.32 Å². The number of urea groups is 1. The Bertz CT molecular complexity index is 1060. The number of benzene rings is 2. The highest BCUT2D eigenvalue weighted by Gasteiger charge is 2.23. The average molecular weight is 394 g/mol. The number of carbonyl (C=O) groups excluding carboxylic acids is 2. The predicted molar refractivity (Wildman–Crippen MR) is 104 cm³/mol. The Morgan fingerprint density at radius 2 is 1.86 bits per heavy atom. The standard InChI is InChI=1S/C21H19FN4O3/c1-13-8-19(29-25-13)10-23-20(27)14-3-6-18(7-4-14)24-21(28)26-11-15-2-5-17(22)9-16(15)12-26/h2-9H,10-12H2,1H3,(H,23,27)(H,24,28). The zero-order valence-electron chi connectivity index (χ0n) is 15.7. The summed E-state index contributed by atoms with van der Waals surface area (Å²) in [5, 5.41) is 9.32. The Kier molecular flexibility index (Phi) is 4.99. The van der Waals surface area contributed by atoms with E-state index >= 15 is 0 Å². The van der Waals surface area contributed by atoms with Crippen molar-refractivity contribution in [3.8, 4) is 0 Å². The molecule has 148 valence electrons. The van der Waals surface area contributed by atoms with Gasteiger partial charge in [-0.05, 0) is 54.4 Å². The van der Waals surface area contributed by atoms with Gasteiger partial charge in [-0.2, -0.15) is 0 Å². The van der Waals surface area contributed by atoms with Gasteiger partial charge in [0, 0.05) is 30.4 Å². The molecule has 0 radical (unpaired) electrons. The molecule has 2 heterocycles. The molecule has 3 aromatic rings. The molecule has 7 nitrogen and oxygen atoms in total. The molecule has 1 aliphatic rings. The van der Waals surface area contributed by atoms with Crippen LogP contribution in [-0.4, -0.2) is 22.0 Å². The van der Waals surface area contributed by atoms with Gasteiger partial charge in [-0.1, -0.05) is 11.2 Å². The van der Waals surface area contributed by atoms with E-state index in [2.05, 4.69) is 15.8 Å². The molecule has 0 saturated carbocycles. The van der Waals surface area contributed by atoms with Crippen LogP contribution < -0.4 is 10.6 Å². The number of anilines is 1. The van der Waals surface area contributed by atoms with Gasteiger partial charge >= 0.3 is 6.03 Å². The van der Waals surface area contributed by atoms with Crippen LogP contribution in [-0.2, 0) is 19.6 Å². The highest BCUT2D eigenvalue weighted by molar-refractivity contribution is 5.95. The van der Waals surface area contributed by atoms with Gasteiger partial charge in [0.15, 0.2) is 5.76 Å². The lowest BCUT2D eigenvalue weighted by Gasteiger charge is -2.16. The molecule has 1 aliphatic heterocycles. The number of halogens is 1. The fourth-order valence-electron chi connectivity index (χ4n) is 3.18. The van der Waals surface area contributed by atoms with E-state index < -0.39 is 0 Å². The Morgan fingerprint density at radius 3 is 2.59 bits per heavy atom. The van der Waals surface area contributed by atoms with Crippen molar-refractivity contribution in [2.24, 2.45) is 0 Å². The first-order valence-corrected chi connectivity index (χ1v) is 9.11. The first-order chi connectivity index (χ1) is 14.0. The van der Waals surface area contributed by atoms with Crippen LogP contribution in [0, 0.1) is 12.7 Å². The van der Waals surface area contributed by atoms with E-state index in [1.165, 1.54) is 12.1 Å². The van der Waals surface area contributed by atoms with E-state index in [0.717, 1.165) is 16.8 Å². The van der Waals surface area contributed by atoms with E-state index in [9.17, 15) is 14.0 Å². The van der Waals surface area contributed by atoms with Gasteiger partial charge in [0.05, 0.1) is 12.2 Å². The zero-order valence-corrected chi connectivity index (χ0v) is 15.7. The van der Waals surface area contributed by atoms with Crippen LogP contribution in [0.1, 0.15) is 32.9 Å². The van der Waals surface area contributed by atoms with Crippen molar-refractivity contribution in [3.05, 3.63) is 82.5 Å². The molecular formula is C21H19FN4O3. The topological polar surface area (TPSA) is 87.5 Å².